The van der Waals surface area contributed by atoms with Crippen molar-refractivity contribution >= 4 is 36.0 Å². The van der Waals surface area contributed by atoms with Crippen molar-refractivity contribution in [1.29, 1.82) is 0 Å². The van der Waals surface area contributed by atoms with E-state index in [1.54, 1.807) is 12.3 Å². The van der Waals surface area contributed by atoms with Gasteiger partial charge in [-0.1, -0.05) is 24.3 Å². The van der Waals surface area contributed by atoms with Crippen molar-refractivity contribution in [1.82, 2.24) is 4.92 Å². The number of rotatable bonds is 1. The second-order valence-electron chi connectivity index (χ2n) is 4.33. The van der Waals surface area contributed by atoms with E-state index in [0.717, 1.165) is 16.0 Å². The van der Waals surface area contributed by atoms with E-state index >= 15 is 0 Å². The Balaban J connectivity index is 1.97. The maximum atomic E-state index is 12.4. The smallest absolute Gasteiger partial charge is 0.427 e. The third kappa shape index (κ3) is 1.99. The number of hydrogen-bond acceptors (Lipinski definition) is 4. The Hall–Kier alpha value is -1.92. The molecule has 94 valence electrons. The predicted molar refractivity (Wildman–Crippen MR) is 76.9 cm³/mol. The Bertz CT molecular complexity index is 668. The summed E-state index contributed by atoms with van der Waals surface area (Å²) in [6.45, 7) is 1.87. The molecule has 0 aliphatic carbocycles. The van der Waals surface area contributed by atoms with Gasteiger partial charge in [-0.2, -0.15) is 5.10 Å². The van der Waals surface area contributed by atoms with E-state index in [1.165, 1.54) is 11.3 Å². The molecule has 0 saturated heterocycles. The fourth-order valence-corrected chi connectivity index (χ4v) is 2.90. The van der Waals surface area contributed by atoms with Gasteiger partial charge in [-0.05, 0) is 35.0 Å². The van der Waals surface area contributed by atoms with Gasteiger partial charge in [0.25, 0.3) is 5.91 Å². The molecule has 2 heterocycles. The second-order valence-corrected chi connectivity index (χ2v) is 5.25. The largest absolute Gasteiger partial charge is 0.474 e. The van der Waals surface area contributed by atoms with Crippen LogP contribution in [0.5, 0.6) is 0 Å². The fourth-order valence-electron chi connectivity index (χ4n) is 2.04. The second kappa shape index (κ2) is 4.64. The molecule has 0 atom stereocenters. The molecular weight excluding hydrogens is 259 g/mol. The summed E-state index contributed by atoms with van der Waals surface area (Å²) in [7, 11) is -1.03. The zero-order chi connectivity index (χ0) is 13.4. The topological polar surface area (TPSA) is 52.9 Å². The number of benzene rings is 1. The maximum absolute atomic E-state index is 12.4. The van der Waals surface area contributed by atoms with Crippen molar-refractivity contribution < 1.29 is 9.82 Å². The van der Waals surface area contributed by atoms with Gasteiger partial charge in [0.2, 0.25) is 0 Å². The molecule has 3 rings (SSSR count). The first kappa shape index (κ1) is 12.1. The van der Waals surface area contributed by atoms with Crippen LogP contribution in [0.4, 0.5) is 0 Å². The van der Waals surface area contributed by atoms with Crippen LogP contribution in [-0.2, 0) is 0 Å². The lowest BCUT2D eigenvalue weighted by Crippen LogP contribution is -2.52. The maximum Gasteiger partial charge on any atom is 0.474 e. The van der Waals surface area contributed by atoms with Gasteiger partial charge >= 0.3 is 7.05 Å². The molecule has 1 aliphatic heterocycles. The standard InChI is InChI=1S/C13H11BN2O2S/c1-9-6-7-19-12(9)13(17)16-14(18)11-5-3-2-4-10(11)8-15-16/h2-8,18H,1H3. The predicted octanol–water partition coefficient (Wildman–Crippen LogP) is 1.23. The highest BCUT2D eigenvalue weighted by Gasteiger charge is 2.34. The Labute approximate surface area is 115 Å². The molecular formula is C13H11BN2O2S. The first-order chi connectivity index (χ1) is 9.18. The van der Waals surface area contributed by atoms with Gasteiger partial charge in [-0.3, -0.25) is 4.79 Å². The third-order valence-electron chi connectivity index (χ3n) is 3.09. The van der Waals surface area contributed by atoms with Gasteiger partial charge in [0, 0.05) is 0 Å². The molecule has 6 heteroatoms. The van der Waals surface area contributed by atoms with Crippen molar-refractivity contribution in [3.63, 3.8) is 0 Å². The lowest BCUT2D eigenvalue weighted by molar-refractivity contribution is 0.0850. The molecule has 0 fully saturated rings. The first-order valence-corrected chi connectivity index (χ1v) is 6.75. The number of carbonyl (C=O) groups excluding carboxylic acids is 1. The molecule has 0 radical (unpaired) electrons. The van der Waals surface area contributed by atoms with Crippen LogP contribution in [0.25, 0.3) is 0 Å². The summed E-state index contributed by atoms with van der Waals surface area (Å²) in [5.41, 5.74) is 2.43. The Kier molecular flexibility index (Phi) is 2.96. The summed E-state index contributed by atoms with van der Waals surface area (Å²) in [6.07, 6.45) is 1.60. The third-order valence-corrected chi connectivity index (χ3v) is 4.10. The Morgan fingerprint density at radius 2 is 2.16 bits per heavy atom. The molecule has 19 heavy (non-hydrogen) atoms. The van der Waals surface area contributed by atoms with Crippen LogP contribution in [-0.4, -0.2) is 29.1 Å². The van der Waals surface area contributed by atoms with Gasteiger partial charge in [-0.15, -0.1) is 11.3 Å². The summed E-state index contributed by atoms with van der Waals surface area (Å²) in [4.78, 5) is 14.1. The van der Waals surface area contributed by atoms with Crippen molar-refractivity contribution in [3.8, 4) is 0 Å². The summed E-state index contributed by atoms with van der Waals surface area (Å²) in [6, 6.07) is 9.25. The lowest BCUT2D eigenvalue weighted by atomic mass is 9.69. The molecule has 1 amide bonds. The van der Waals surface area contributed by atoms with E-state index < -0.39 is 7.05 Å². The van der Waals surface area contributed by atoms with E-state index in [4.69, 9.17) is 0 Å². The number of thiophene rings is 1. The zero-order valence-corrected chi connectivity index (χ0v) is 11.1. The molecule has 1 N–H and O–H groups in total. The van der Waals surface area contributed by atoms with Crippen LogP contribution in [0.1, 0.15) is 20.8 Å². The monoisotopic (exact) mass is 270 g/mol. The molecule has 4 nitrogen and oxygen atoms in total. The average Bonchev–Trinajstić information content (AvgIpc) is 2.85. The van der Waals surface area contributed by atoms with Crippen molar-refractivity contribution in [2.75, 3.05) is 0 Å². The van der Waals surface area contributed by atoms with E-state index in [0.29, 0.717) is 10.3 Å². The van der Waals surface area contributed by atoms with E-state index in [2.05, 4.69) is 5.10 Å². The van der Waals surface area contributed by atoms with Crippen LogP contribution in [0, 0.1) is 6.92 Å². The molecule has 0 spiro atoms. The van der Waals surface area contributed by atoms with Crippen LogP contribution >= 0.6 is 11.3 Å². The normalized spacial score (nSPS) is 13.6. The van der Waals surface area contributed by atoms with Crippen LogP contribution in [0.2, 0.25) is 0 Å². The highest BCUT2D eigenvalue weighted by atomic mass is 32.1. The summed E-state index contributed by atoms with van der Waals surface area (Å²) < 4.78 is 0. The van der Waals surface area contributed by atoms with Gasteiger partial charge in [-0.25, -0.2) is 4.92 Å². The molecule has 1 aliphatic rings. The number of aryl methyl sites for hydroxylation is 1. The van der Waals surface area contributed by atoms with Crippen molar-refractivity contribution in [2.45, 2.75) is 6.92 Å². The summed E-state index contributed by atoms with van der Waals surface area (Å²) >= 11 is 1.36. The molecule has 1 aromatic heterocycles. The molecule has 0 bridgehead atoms. The molecule has 0 saturated carbocycles. The molecule has 0 unspecified atom stereocenters. The first-order valence-electron chi connectivity index (χ1n) is 5.87. The quantitative estimate of drug-likeness (QED) is 0.792. The van der Waals surface area contributed by atoms with Crippen LogP contribution in [0.15, 0.2) is 40.8 Å². The number of hydrazone groups is 1. The fraction of sp³-hybridized carbons (Fsp3) is 0.0769. The number of fused-ring (bicyclic) bond motifs is 1. The number of hydrogen-bond donors (Lipinski definition) is 1. The van der Waals surface area contributed by atoms with Gasteiger partial charge < -0.3 is 5.02 Å². The minimum Gasteiger partial charge on any atom is -0.427 e. The number of amides is 1. The Morgan fingerprint density at radius 3 is 2.89 bits per heavy atom. The van der Waals surface area contributed by atoms with Crippen LogP contribution in [0.3, 0.4) is 0 Å². The lowest BCUT2D eigenvalue weighted by Gasteiger charge is -2.24. The minimum atomic E-state index is -1.03. The molecule has 1 aromatic carbocycles. The van der Waals surface area contributed by atoms with E-state index in [9.17, 15) is 9.82 Å². The summed E-state index contributed by atoms with van der Waals surface area (Å²) in [5, 5.41) is 16.2. The number of carbonyl (C=O) groups is 1. The van der Waals surface area contributed by atoms with Gasteiger partial charge in [0.15, 0.2) is 0 Å². The highest BCUT2D eigenvalue weighted by Crippen LogP contribution is 2.19. The SMILES string of the molecule is Cc1ccsc1C(=O)N1N=Cc2ccccc2B1O. The van der Waals surface area contributed by atoms with Crippen molar-refractivity contribution in [3.05, 3.63) is 51.7 Å². The van der Waals surface area contributed by atoms with Gasteiger partial charge in [0.1, 0.15) is 0 Å². The van der Waals surface area contributed by atoms with E-state index in [1.807, 2.05) is 36.6 Å². The molecule has 2 aromatic rings. The van der Waals surface area contributed by atoms with E-state index in [-0.39, 0.29) is 5.91 Å². The van der Waals surface area contributed by atoms with Crippen molar-refractivity contribution in [2.24, 2.45) is 5.10 Å². The minimum absolute atomic E-state index is 0.272. The van der Waals surface area contributed by atoms with Gasteiger partial charge in [0.05, 0.1) is 11.1 Å². The number of nitrogens with zero attached hydrogens (tertiary/aromatic N) is 2. The summed E-state index contributed by atoms with van der Waals surface area (Å²) in [5.74, 6) is -0.272. The average molecular weight is 270 g/mol. The van der Waals surface area contributed by atoms with Crippen LogP contribution < -0.4 is 5.46 Å². The highest BCUT2D eigenvalue weighted by molar-refractivity contribution is 7.12. The zero-order valence-electron chi connectivity index (χ0n) is 10.3. The Morgan fingerprint density at radius 1 is 1.37 bits per heavy atom.